The highest BCUT2D eigenvalue weighted by molar-refractivity contribution is 7.89. The Balaban J connectivity index is 1.48. The molecule has 3 aromatic rings. The fraction of sp³-hybridized carbons (Fsp3) is 0.360. The molecule has 0 radical (unpaired) electrons. The zero-order chi connectivity index (χ0) is 23.1. The number of amides is 1. The van der Waals surface area contributed by atoms with Crippen LogP contribution in [0.4, 0.5) is 0 Å². The van der Waals surface area contributed by atoms with Crippen molar-refractivity contribution < 1.29 is 13.2 Å². The fourth-order valence-electron chi connectivity index (χ4n) is 4.27. The molecule has 1 saturated carbocycles. The van der Waals surface area contributed by atoms with Crippen molar-refractivity contribution in [2.75, 3.05) is 0 Å². The number of sulfonamides is 1. The predicted octanol–water partition coefficient (Wildman–Crippen LogP) is 4.40. The first kappa shape index (κ1) is 23.6. The average molecular weight is 484 g/mol. The second kappa shape index (κ2) is 11.0. The number of nitrogens with zero attached hydrogens (tertiary/aromatic N) is 1. The molecule has 2 aromatic carbocycles. The lowest BCUT2D eigenvalue weighted by Gasteiger charge is -2.22. The van der Waals surface area contributed by atoms with Crippen molar-refractivity contribution in [3.63, 3.8) is 0 Å². The van der Waals surface area contributed by atoms with Crippen LogP contribution in [0.15, 0.2) is 70.4 Å². The van der Waals surface area contributed by atoms with Crippen LogP contribution in [-0.4, -0.2) is 25.4 Å². The minimum absolute atomic E-state index is 0.174. The number of aromatic nitrogens is 1. The molecule has 0 bridgehead atoms. The molecule has 6 nitrogen and oxygen atoms in total. The molecule has 1 fully saturated rings. The molecule has 174 valence electrons. The summed E-state index contributed by atoms with van der Waals surface area (Å²) in [5.41, 5.74) is 4.51. The zero-order valence-electron chi connectivity index (χ0n) is 18.4. The molecule has 0 unspecified atom stereocenters. The number of hydrogen-bond acceptors (Lipinski definition) is 5. The van der Waals surface area contributed by atoms with Gasteiger partial charge in [0.2, 0.25) is 15.9 Å². The normalized spacial score (nSPS) is 15.8. The molecule has 2 N–H and O–H groups in total. The van der Waals surface area contributed by atoms with E-state index in [0.717, 1.165) is 24.1 Å². The van der Waals surface area contributed by atoms with Crippen LogP contribution in [0.5, 0.6) is 0 Å². The first-order valence-corrected chi connectivity index (χ1v) is 13.7. The van der Waals surface area contributed by atoms with Crippen molar-refractivity contribution in [3.8, 4) is 0 Å². The molecular weight excluding hydrogens is 454 g/mol. The van der Waals surface area contributed by atoms with Crippen LogP contribution in [0.2, 0.25) is 0 Å². The van der Waals surface area contributed by atoms with Crippen LogP contribution in [0, 0.1) is 0 Å². The van der Waals surface area contributed by atoms with E-state index in [2.05, 4.69) is 15.0 Å². The van der Waals surface area contributed by atoms with Crippen molar-refractivity contribution in [3.05, 3.63) is 82.3 Å². The summed E-state index contributed by atoms with van der Waals surface area (Å²) >= 11 is 1.45. The van der Waals surface area contributed by atoms with Gasteiger partial charge in [-0.15, -0.1) is 11.3 Å². The summed E-state index contributed by atoms with van der Waals surface area (Å²) in [6.45, 7) is 0.255. The van der Waals surface area contributed by atoms with Crippen molar-refractivity contribution in [2.24, 2.45) is 0 Å². The molecule has 1 aliphatic rings. The lowest BCUT2D eigenvalue weighted by atomic mass is 9.84. The largest absolute Gasteiger partial charge is 0.349 e. The van der Waals surface area contributed by atoms with Gasteiger partial charge in [-0.3, -0.25) is 4.79 Å². The maximum atomic E-state index is 13.2. The Bertz CT molecular complexity index is 1130. The second-order valence-electron chi connectivity index (χ2n) is 8.47. The summed E-state index contributed by atoms with van der Waals surface area (Å²) in [7, 11) is -3.87. The number of carbonyl (C=O) groups is 1. The summed E-state index contributed by atoms with van der Waals surface area (Å²) in [5, 5.41) is 4.66. The molecule has 1 aromatic heterocycles. The Morgan fingerprint density at radius 3 is 2.42 bits per heavy atom. The molecule has 1 amide bonds. The van der Waals surface area contributed by atoms with E-state index in [1.807, 2.05) is 47.8 Å². The maximum Gasteiger partial charge on any atom is 0.241 e. The van der Waals surface area contributed by atoms with Crippen molar-refractivity contribution in [2.45, 2.75) is 61.9 Å². The van der Waals surface area contributed by atoms with Gasteiger partial charge in [0.1, 0.15) is 6.04 Å². The summed E-state index contributed by atoms with van der Waals surface area (Å²) in [6, 6.07) is 15.6. The maximum absolute atomic E-state index is 13.2. The Kier molecular flexibility index (Phi) is 7.90. The lowest BCUT2D eigenvalue weighted by molar-refractivity contribution is -0.122. The van der Waals surface area contributed by atoms with E-state index in [0.29, 0.717) is 5.92 Å². The number of rotatable bonds is 9. The van der Waals surface area contributed by atoms with E-state index in [1.165, 1.54) is 36.2 Å². The first-order valence-electron chi connectivity index (χ1n) is 11.3. The zero-order valence-corrected chi connectivity index (χ0v) is 20.1. The molecule has 1 heterocycles. The predicted molar refractivity (Wildman–Crippen MR) is 130 cm³/mol. The topological polar surface area (TPSA) is 88.2 Å². The highest BCUT2D eigenvalue weighted by Gasteiger charge is 2.26. The number of hydrogen-bond donors (Lipinski definition) is 2. The minimum atomic E-state index is -3.87. The molecule has 4 rings (SSSR count). The van der Waals surface area contributed by atoms with E-state index in [-0.39, 0.29) is 23.8 Å². The van der Waals surface area contributed by atoms with Gasteiger partial charge < -0.3 is 5.32 Å². The van der Waals surface area contributed by atoms with Crippen LogP contribution in [0.1, 0.15) is 54.8 Å². The monoisotopic (exact) mass is 483 g/mol. The van der Waals surface area contributed by atoms with Crippen molar-refractivity contribution in [1.29, 1.82) is 0 Å². The molecule has 33 heavy (non-hydrogen) atoms. The molecule has 1 atom stereocenters. The Morgan fingerprint density at radius 1 is 1.03 bits per heavy atom. The smallest absolute Gasteiger partial charge is 0.241 e. The molecule has 0 aliphatic heterocycles. The summed E-state index contributed by atoms with van der Waals surface area (Å²) in [5.74, 6) is 0.125. The van der Waals surface area contributed by atoms with E-state index < -0.39 is 16.1 Å². The standard InChI is InChI=1S/C25H29N3O3S2/c29-25(26-16-22-17-32-18-27-22)24(15-19-7-3-1-4-8-19)28-33(30,31)23-13-11-21(12-14-23)20-9-5-2-6-10-20/h1,3-4,7-8,11-14,17-18,20,24,28H,2,5-6,9-10,15-16H2,(H,26,29)/t24-/m0/s1. The van der Waals surface area contributed by atoms with Gasteiger partial charge in [-0.25, -0.2) is 13.4 Å². The van der Waals surface area contributed by atoms with Gasteiger partial charge in [-0.1, -0.05) is 61.7 Å². The van der Waals surface area contributed by atoms with E-state index in [9.17, 15) is 13.2 Å². The number of carbonyl (C=O) groups excluding carboxylic acids is 1. The van der Waals surface area contributed by atoms with Gasteiger partial charge in [0.05, 0.1) is 22.6 Å². The van der Waals surface area contributed by atoms with E-state index in [1.54, 1.807) is 17.6 Å². The third-order valence-electron chi connectivity index (χ3n) is 6.09. The molecular formula is C25H29N3O3S2. The van der Waals surface area contributed by atoms with Crippen LogP contribution >= 0.6 is 11.3 Å². The van der Waals surface area contributed by atoms with E-state index >= 15 is 0 Å². The number of nitrogens with one attached hydrogen (secondary N) is 2. The summed E-state index contributed by atoms with van der Waals surface area (Å²) in [6.07, 6.45) is 6.29. The fourth-order valence-corrected chi connectivity index (χ4v) is 6.03. The van der Waals surface area contributed by atoms with Gasteiger partial charge in [-0.2, -0.15) is 4.72 Å². The molecule has 0 saturated heterocycles. The van der Waals surface area contributed by atoms with Gasteiger partial charge in [0, 0.05) is 5.38 Å². The molecule has 8 heteroatoms. The first-order chi connectivity index (χ1) is 16.0. The Hall–Kier alpha value is -2.55. The van der Waals surface area contributed by atoms with Gasteiger partial charge >= 0.3 is 0 Å². The van der Waals surface area contributed by atoms with E-state index in [4.69, 9.17) is 0 Å². The summed E-state index contributed by atoms with van der Waals surface area (Å²) < 4.78 is 28.9. The van der Waals surface area contributed by atoms with Crippen LogP contribution in [-0.2, 0) is 27.8 Å². The Morgan fingerprint density at radius 2 is 1.76 bits per heavy atom. The molecule has 1 aliphatic carbocycles. The minimum Gasteiger partial charge on any atom is -0.349 e. The SMILES string of the molecule is O=C(NCc1cscn1)[C@H](Cc1ccccc1)NS(=O)(=O)c1ccc(C2CCCCC2)cc1. The van der Waals surface area contributed by atoms with Crippen LogP contribution in [0.25, 0.3) is 0 Å². The van der Waals surface area contributed by atoms with Gasteiger partial charge in [0.15, 0.2) is 0 Å². The highest BCUT2D eigenvalue weighted by Crippen LogP contribution is 2.32. The highest BCUT2D eigenvalue weighted by atomic mass is 32.2. The number of thiazole rings is 1. The Labute approximate surface area is 199 Å². The lowest BCUT2D eigenvalue weighted by Crippen LogP contribution is -2.47. The summed E-state index contributed by atoms with van der Waals surface area (Å²) in [4.78, 5) is 17.3. The van der Waals surface area contributed by atoms with Crippen LogP contribution < -0.4 is 10.0 Å². The molecule has 0 spiro atoms. The average Bonchev–Trinajstić information content (AvgIpc) is 3.37. The van der Waals surface area contributed by atoms with Crippen molar-refractivity contribution in [1.82, 2.24) is 15.0 Å². The third-order valence-corrected chi connectivity index (χ3v) is 8.21. The van der Waals surface area contributed by atoms with Gasteiger partial charge in [-0.05, 0) is 48.4 Å². The van der Waals surface area contributed by atoms with Crippen LogP contribution in [0.3, 0.4) is 0 Å². The third kappa shape index (κ3) is 6.50. The second-order valence-corrected chi connectivity index (χ2v) is 10.9. The quantitative estimate of drug-likeness (QED) is 0.472. The van der Waals surface area contributed by atoms with Crippen molar-refractivity contribution >= 4 is 27.3 Å². The van der Waals surface area contributed by atoms with Gasteiger partial charge in [0.25, 0.3) is 0 Å². The number of benzene rings is 2.